The molecule has 1 N–H and O–H groups in total. The minimum absolute atomic E-state index is 0.0429. The number of amides is 2. The maximum atomic E-state index is 12.2. The summed E-state index contributed by atoms with van der Waals surface area (Å²) in [6.45, 7) is 10.6. The van der Waals surface area contributed by atoms with Gasteiger partial charge in [-0.05, 0) is 59.5 Å². The third-order valence-electron chi connectivity index (χ3n) is 4.71. The summed E-state index contributed by atoms with van der Waals surface area (Å²) in [4.78, 5) is 30.6. The zero-order valence-corrected chi connectivity index (χ0v) is 16.0. The van der Waals surface area contributed by atoms with Crippen molar-refractivity contribution in [3.05, 3.63) is 0 Å². The van der Waals surface area contributed by atoms with Gasteiger partial charge in [0.2, 0.25) is 11.8 Å². The van der Waals surface area contributed by atoms with E-state index in [0.717, 1.165) is 52.0 Å². The van der Waals surface area contributed by atoms with Crippen molar-refractivity contribution in [2.45, 2.75) is 39.5 Å². The monoisotopic (exact) mass is 340 g/mol. The van der Waals surface area contributed by atoms with Gasteiger partial charge in [-0.1, -0.05) is 13.8 Å². The normalized spacial score (nSPS) is 18.0. The lowest BCUT2D eigenvalue weighted by Crippen LogP contribution is -2.34. The summed E-state index contributed by atoms with van der Waals surface area (Å²) < 4.78 is 0. The maximum absolute atomic E-state index is 12.2. The Morgan fingerprint density at radius 1 is 1.17 bits per heavy atom. The van der Waals surface area contributed by atoms with Crippen molar-refractivity contribution in [1.29, 1.82) is 0 Å². The zero-order chi connectivity index (χ0) is 17.9. The van der Waals surface area contributed by atoms with Gasteiger partial charge in [0, 0.05) is 26.1 Å². The van der Waals surface area contributed by atoms with Crippen molar-refractivity contribution in [1.82, 2.24) is 20.0 Å². The smallest absolute Gasteiger partial charge is 0.225 e. The number of nitrogens with zero attached hydrogens (tertiary/aromatic N) is 3. The van der Waals surface area contributed by atoms with E-state index in [9.17, 15) is 9.59 Å². The van der Waals surface area contributed by atoms with E-state index in [4.69, 9.17) is 0 Å². The molecular weight excluding hydrogens is 304 g/mol. The zero-order valence-electron chi connectivity index (χ0n) is 16.0. The summed E-state index contributed by atoms with van der Waals surface area (Å²) in [7, 11) is 4.06. The second kappa shape index (κ2) is 11.4. The number of nitrogens with one attached hydrogen (secondary N) is 1. The molecule has 0 aliphatic carbocycles. The topological polar surface area (TPSA) is 55.9 Å². The predicted octanol–water partition coefficient (Wildman–Crippen LogP) is 1.02. The Labute approximate surface area is 147 Å². The van der Waals surface area contributed by atoms with Crippen LogP contribution in [0.25, 0.3) is 0 Å². The van der Waals surface area contributed by atoms with E-state index in [-0.39, 0.29) is 17.7 Å². The highest BCUT2D eigenvalue weighted by Crippen LogP contribution is 2.18. The standard InChI is InChI=1S/C18H36N4O2/c1-5-21(6-2)12-8-7-10-19-18(24)16-14-17(23)22(15-16)13-9-11-20(3)4/h16H,5-15H2,1-4H3,(H,19,24). The van der Waals surface area contributed by atoms with Gasteiger partial charge in [0.25, 0.3) is 0 Å². The Morgan fingerprint density at radius 2 is 1.88 bits per heavy atom. The Morgan fingerprint density at radius 3 is 2.50 bits per heavy atom. The Hall–Kier alpha value is -1.14. The average Bonchev–Trinajstić information content (AvgIpc) is 2.91. The van der Waals surface area contributed by atoms with Gasteiger partial charge < -0.3 is 20.0 Å². The molecule has 0 spiro atoms. The molecule has 6 heteroatoms. The van der Waals surface area contributed by atoms with Crippen LogP contribution in [0.3, 0.4) is 0 Å². The van der Waals surface area contributed by atoms with Crippen molar-refractivity contribution < 1.29 is 9.59 Å². The highest BCUT2D eigenvalue weighted by Gasteiger charge is 2.33. The Kier molecular flexibility index (Phi) is 9.95. The molecule has 1 unspecified atom stereocenters. The summed E-state index contributed by atoms with van der Waals surface area (Å²) in [5.74, 6) is -0.00336. The fourth-order valence-electron chi connectivity index (χ4n) is 3.10. The molecule has 0 saturated carbocycles. The predicted molar refractivity (Wildman–Crippen MR) is 97.9 cm³/mol. The molecular formula is C18H36N4O2. The number of likely N-dealkylation sites (tertiary alicyclic amines) is 1. The van der Waals surface area contributed by atoms with Crippen molar-refractivity contribution in [2.75, 3.05) is 59.9 Å². The summed E-state index contributed by atoms with van der Waals surface area (Å²) in [6, 6.07) is 0. The van der Waals surface area contributed by atoms with Crippen molar-refractivity contribution in [2.24, 2.45) is 5.92 Å². The number of hydrogen-bond acceptors (Lipinski definition) is 4. The van der Waals surface area contributed by atoms with Gasteiger partial charge in [0.05, 0.1) is 5.92 Å². The van der Waals surface area contributed by atoms with E-state index in [1.54, 1.807) is 0 Å². The lowest BCUT2D eigenvalue weighted by Gasteiger charge is -2.18. The van der Waals surface area contributed by atoms with E-state index in [2.05, 4.69) is 29.0 Å². The third kappa shape index (κ3) is 7.62. The second-order valence-electron chi connectivity index (χ2n) is 6.92. The van der Waals surface area contributed by atoms with Crippen LogP contribution >= 0.6 is 0 Å². The number of carbonyl (C=O) groups excluding carboxylic acids is 2. The van der Waals surface area contributed by atoms with E-state index in [1.807, 2.05) is 19.0 Å². The van der Waals surface area contributed by atoms with Crippen LogP contribution in [-0.4, -0.2) is 86.4 Å². The largest absolute Gasteiger partial charge is 0.356 e. The van der Waals surface area contributed by atoms with Crippen LogP contribution in [-0.2, 0) is 9.59 Å². The van der Waals surface area contributed by atoms with E-state index in [1.165, 1.54) is 0 Å². The van der Waals surface area contributed by atoms with E-state index in [0.29, 0.717) is 19.5 Å². The fraction of sp³-hybridized carbons (Fsp3) is 0.889. The molecule has 1 fully saturated rings. The lowest BCUT2D eigenvalue weighted by atomic mass is 10.1. The number of rotatable bonds is 12. The van der Waals surface area contributed by atoms with Crippen LogP contribution in [0, 0.1) is 5.92 Å². The molecule has 1 saturated heterocycles. The molecule has 0 aromatic heterocycles. The summed E-state index contributed by atoms with van der Waals surface area (Å²) in [5.41, 5.74) is 0. The maximum Gasteiger partial charge on any atom is 0.225 e. The van der Waals surface area contributed by atoms with Gasteiger partial charge in [-0.25, -0.2) is 0 Å². The van der Waals surface area contributed by atoms with E-state index >= 15 is 0 Å². The van der Waals surface area contributed by atoms with Crippen LogP contribution < -0.4 is 5.32 Å². The van der Waals surface area contributed by atoms with Gasteiger partial charge >= 0.3 is 0 Å². The molecule has 1 heterocycles. The van der Waals surface area contributed by atoms with Gasteiger partial charge in [-0.3, -0.25) is 9.59 Å². The minimum Gasteiger partial charge on any atom is -0.356 e. The molecule has 1 rings (SSSR count). The molecule has 0 bridgehead atoms. The molecule has 0 radical (unpaired) electrons. The van der Waals surface area contributed by atoms with Gasteiger partial charge in [0.15, 0.2) is 0 Å². The van der Waals surface area contributed by atoms with Crippen molar-refractivity contribution >= 4 is 11.8 Å². The van der Waals surface area contributed by atoms with Gasteiger partial charge in [-0.2, -0.15) is 0 Å². The van der Waals surface area contributed by atoms with Gasteiger partial charge in [0.1, 0.15) is 0 Å². The first kappa shape index (κ1) is 20.9. The Balaban J connectivity index is 2.18. The van der Waals surface area contributed by atoms with E-state index < -0.39 is 0 Å². The fourth-order valence-corrected chi connectivity index (χ4v) is 3.10. The average molecular weight is 341 g/mol. The first-order chi connectivity index (χ1) is 11.5. The van der Waals surface area contributed by atoms with Crippen molar-refractivity contribution in [3.8, 4) is 0 Å². The molecule has 6 nitrogen and oxygen atoms in total. The molecule has 1 atom stereocenters. The SMILES string of the molecule is CCN(CC)CCCCNC(=O)C1CC(=O)N(CCCN(C)C)C1. The molecule has 1 aliphatic heterocycles. The summed E-state index contributed by atoms with van der Waals surface area (Å²) >= 11 is 0. The molecule has 140 valence electrons. The Bertz CT molecular complexity index is 383. The quantitative estimate of drug-likeness (QED) is 0.539. The second-order valence-corrected chi connectivity index (χ2v) is 6.92. The van der Waals surface area contributed by atoms with Crippen LogP contribution in [0.2, 0.25) is 0 Å². The number of carbonyl (C=O) groups is 2. The number of unbranched alkanes of at least 4 members (excludes halogenated alkanes) is 1. The van der Waals surface area contributed by atoms with Crippen LogP contribution in [0.15, 0.2) is 0 Å². The third-order valence-corrected chi connectivity index (χ3v) is 4.71. The first-order valence-corrected chi connectivity index (χ1v) is 9.40. The molecule has 24 heavy (non-hydrogen) atoms. The highest BCUT2D eigenvalue weighted by molar-refractivity contribution is 5.89. The van der Waals surface area contributed by atoms with Crippen molar-refractivity contribution in [3.63, 3.8) is 0 Å². The molecule has 1 aliphatic rings. The lowest BCUT2D eigenvalue weighted by molar-refractivity contribution is -0.129. The van der Waals surface area contributed by atoms with Crippen LogP contribution in [0.1, 0.15) is 39.5 Å². The number of hydrogen-bond donors (Lipinski definition) is 1. The summed E-state index contributed by atoms with van der Waals surface area (Å²) in [5, 5.41) is 3.01. The molecule has 2 amide bonds. The van der Waals surface area contributed by atoms with Gasteiger partial charge in [-0.15, -0.1) is 0 Å². The van der Waals surface area contributed by atoms with Crippen LogP contribution in [0.5, 0.6) is 0 Å². The minimum atomic E-state index is -0.167. The highest BCUT2D eigenvalue weighted by atomic mass is 16.2. The summed E-state index contributed by atoms with van der Waals surface area (Å²) in [6.07, 6.45) is 3.42. The van der Waals surface area contributed by atoms with Crippen LogP contribution in [0.4, 0.5) is 0 Å². The first-order valence-electron chi connectivity index (χ1n) is 9.40. The molecule has 0 aromatic rings. The molecule has 0 aromatic carbocycles.